The smallest absolute Gasteiger partial charge is 0.164 e. The van der Waals surface area contributed by atoms with E-state index < -0.39 is 0 Å². The van der Waals surface area contributed by atoms with Gasteiger partial charge in [0.1, 0.15) is 0 Å². The van der Waals surface area contributed by atoms with Gasteiger partial charge < -0.3 is 4.74 Å². The average molecular weight is 316 g/mol. The number of morpholine rings is 1. The zero-order valence-electron chi connectivity index (χ0n) is 12.7. The number of benzene rings is 1. The standard InChI is InChI=1S/C17H20N2O2S/c1-13-18-15(12-22-13)10-19-7-8-21-11-16(19)9-17(20)14-5-3-2-4-6-14/h2-6,12,16H,7-11H2,1H3/t16-/m1/s1. The Labute approximate surface area is 134 Å². The molecule has 0 radical (unpaired) electrons. The Bertz CT molecular complexity index is 627. The first-order valence-electron chi connectivity index (χ1n) is 7.53. The minimum atomic E-state index is 0.128. The molecule has 1 fully saturated rings. The van der Waals surface area contributed by atoms with Gasteiger partial charge in [-0.1, -0.05) is 30.3 Å². The van der Waals surface area contributed by atoms with E-state index in [0.717, 1.165) is 36.0 Å². The molecule has 4 nitrogen and oxygen atoms in total. The summed E-state index contributed by atoms with van der Waals surface area (Å²) in [6, 6.07) is 9.61. The number of aryl methyl sites for hydroxylation is 1. The van der Waals surface area contributed by atoms with Gasteiger partial charge in [-0.15, -0.1) is 11.3 Å². The Morgan fingerprint density at radius 1 is 1.41 bits per heavy atom. The van der Waals surface area contributed by atoms with Gasteiger partial charge in [-0.05, 0) is 6.92 Å². The van der Waals surface area contributed by atoms with Crippen LogP contribution < -0.4 is 0 Å². The van der Waals surface area contributed by atoms with Gasteiger partial charge in [0.15, 0.2) is 5.78 Å². The second-order valence-electron chi connectivity index (χ2n) is 5.55. The van der Waals surface area contributed by atoms with E-state index in [1.54, 1.807) is 11.3 Å². The zero-order chi connectivity index (χ0) is 15.4. The number of nitrogens with zero attached hydrogens (tertiary/aromatic N) is 2. The first-order valence-corrected chi connectivity index (χ1v) is 8.41. The minimum Gasteiger partial charge on any atom is -0.378 e. The summed E-state index contributed by atoms with van der Waals surface area (Å²) in [7, 11) is 0. The normalized spacial score (nSPS) is 19.2. The lowest BCUT2D eigenvalue weighted by Crippen LogP contribution is -2.45. The third-order valence-corrected chi connectivity index (χ3v) is 4.72. The first kappa shape index (κ1) is 15.3. The predicted octanol–water partition coefficient (Wildman–Crippen LogP) is 2.93. The van der Waals surface area contributed by atoms with Crippen LogP contribution in [-0.2, 0) is 11.3 Å². The van der Waals surface area contributed by atoms with Gasteiger partial charge in [-0.2, -0.15) is 0 Å². The number of ether oxygens (including phenoxy) is 1. The number of rotatable bonds is 5. The van der Waals surface area contributed by atoms with Crippen molar-refractivity contribution in [1.29, 1.82) is 0 Å². The summed E-state index contributed by atoms with van der Waals surface area (Å²) in [5, 5.41) is 3.18. The van der Waals surface area contributed by atoms with Crippen molar-refractivity contribution in [1.82, 2.24) is 9.88 Å². The predicted molar refractivity (Wildman–Crippen MR) is 87.3 cm³/mol. The third-order valence-electron chi connectivity index (χ3n) is 3.90. The molecule has 0 spiro atoms. The molecule has 2 heterocycles. The van der Waals surface area contributed by atoms with Crippen molar-refractivity contribution in [3.05, 3.63) is 52.0 Å². The van der Waals surface area contributed by atoms with E-state index >= 15 is 0 Å². The molecule has 1 aromatic heterocycles. The van der Waals surface area contributed by atoms with E-state index in [9.17, 15) is 4.79 Å². The van der Waals surface area contributed by atoms with Crippen LogP contribution in [0.5, 0.6) is 0 Å². The average Bonchev–Trinajstić information content (AvgIpc) is 2.95. The van der Waals surface area contributed by atoms with Gasteiger partial charge >= 0.3 is 0 Å². The van der Waals surface area contributed by atoms with Crippen LogP contribution in [0.25, 0.3) is 0 Å². The van der Waals surface area contributed by atoms with E-state index in [2.05, 4.69) is 15.3 Å². The molecule has 22 heavy (non-hydrogen) atoms. The van der Waals surface area contributed by atoms with E-state index in [4.69, 9.17) is 4.74 Å². The fraction of sp³-hybridized carbons (Fsp3) is 0.412. The van der Waals surface area contributed by atoms with Crippen LogP contribution in [0.4, 0.5) is 0 Å². The van der Waals surface area contributed by atoms with Crippen molar-refractivity contribution >= 4 is 17.1 Å². The van der Waals surface area contributed by atoms with Gasteiger partial charge in [-0.3, -0.25) is 9.69 Å². The molecule has 1 aliphatic heterocycles. The first-order chi connectivity index (χ1) is 10.7. The number of ketones is 1. The highest BCUT2D eigenvalue weighted by Crippen LogP contribution is 2.18. The number of carbonyl (C=O) groups is 1. The number of carbonyl (C=O) groups excluding carboxylic acids is 1. The maximum Gasteiger partial charge on any atom is 0.164 e. The van der Waals surface area contributed by atoms with E-state index in [1.807, 2.05) is 37.3 Å². The Balaban J connectivity index is 1.66. The molecule has 0 saturated carbocycles. The van der Waals surface area contributed by atoms with E-state index in [0.29, 0.717) is 13.0 Å². The molecule has 1 aromatic carbocycles. The van der Waals surface area contributed by atoms with Crippen LogP contribution in [0.1, 0.15) is 27.5 Å². The summed E-state index contributed by atoms with van der Waals surface area (Å²) in [6.07, 6.45) is 0.493. The lowest BCUT2D eigenvalue weighted by atomic mass is 10.0. The van der Waals surface area contributed by atoms with Gasteiger partial charge in [0.05, 0.1) is 23.9 Å². The number of thiazole rings is 1. The Morgan fingerprint density at radius 2 is 2.23 bits per heavy atom. The van der Waals surface area contributed by atoms with E-state index in [-0.39, 0.29) is 11.8 Å². The van der Waals surface area contributed by atoms with Gasteiger partial charge in [0.25, 0.3) is 0 Å². The molecule has 5 heteroatoms. The molecule has 0 N–H and O–H groups in total. The maximum atomic E-state index is 12.4. The van der Waals surface area contributed by atoms with Crippen molar-refractivity contribution in [2.75, 3.05) is 19.8 Å². The molecule has 0 amide bonds. The molecule has 1 aliphatic rings. The second kappa shape index (κ2) is 7.13. The quantitative estimate of drug-likeness (QED) is 0.796. The van der Waals surface area contributed by atoms with Crippen LogP contribution in [0.3, 0.4) is 0 Å². The Hall–Kier alpha value is -1.56. The van der Waals surface area contributed by atoms with Crippen molar-refractivity contribution in [2.45, 2.75) is 25.9 Å². The number of hydrogen-bond acceptors (Lipinski definition) is 5. The lowest BCUT2D eigenvalue weighted by Gasteiger charge is -2.34. The van der Waals surface area contributed by atoms with Crippen LogP contribution in [-0.4, -0.2) is 41.5 Å². The van der Waals surface area contributed by atoms with Crippen molar-refractivity contribution < 1.29 is 9.53 Å². The van der Waals surface area contributed by atoms with Gasteiger partial charge in [-0.25, -0.2) is 4.98 Å². The Kier molecular flexibility index (Phi) is 4.97. The third kappa shape index (κ3) is 3.80. The SMILES string of the molecule is Cc1nc(CN2CCOC[C@H]2CC(=O)c2ccccc2)cs1. The van der Waals surface area contributed by atoms with Crippen LogP contribution in [0, 0.1) is 6.92 Å². The topological polar surface area (TPSA) is 42.4 Å². The molecule has 0 aliphatic carbocycles. The molecular formula is C17H20N2O2S. The van der Waals surface area contributed by atoms with Crippen molar-refractivity contribution in [3.8, 4) is 0 Å². The number of hydrogen-bond donors (Lipinski definition) is 0. The zero-order valence-corrected chi connectivity index (χ0v) is 13.5. The lowest BCUT2D eigenvalue weighted by molar-refractivity contribution is -0.0130. The maximum absolute atomic E-state index is 12.4. The van der Waals surface area contributed by atoms with Crippen LogP contribution in [0.15, 0.2) is 35.7 Å². The minimum absolute atomic E-state index is 0.128. The second-order valence-corrected chi connectivity index (χ2v) is 6.61. The summed E-state index contributed by atoms with van der Waals surface area (Å²) in [6.45, 7) is 4.99. The summed E-state index contributed by atoms with van der Waals surface area (Å²) >= 11 is 1.67. The van der Waals surface area contributed by atoms with Crippen LogP contribution in [0.2, 0.25) is 0 Å². The molecule has 116 valence electrons. The highest BCUT2D eigenvalue weighted by atomic mass is 32.1. The molecule has 0 unspecified atom stereocenters. The summed E-state index contributed by atoms with van der Waals surface area (Å²) in [5.74, 6) is 0.176. The van der Waals surface area contributed by atoms with Crippen LogP contribution >= 0.6 is 11.3 Å². The Morgan fingerprint density at radius 3 is 2.95 bits per heavy atom. The number of Topliss-reactive ketones (excluding diaryl/α,β-unsaturated/α-hetero) is 1. The summed E-state index contributed by atoms with van der Waals surface area (Å²) in [4.78, 5) is 19.3. The largest absolute Gasteiger partial charge is 0.378 e. The molecular weight excluding hydrogens is 296 g/mol. The molecule has 2 aromatic rings. The molecule has 1 saturated heterocycles. The molecule has 3 rings (SSSR count). The molecule has 0 bridgehead atoms. The fourth-order valence-corrected chi connectivity index (χ4v) is 3.33. The summed E-state index contributed by atoms with van der Waals surface area (Å²) in [5.41, 5.74) is 1.86. The highest BCUT2D eigenvalue weighted by molar-refractivity contribution is 7.09. The molecule has 1 atom stereocenters. The van der Waals surface area contributed by atoms with E-state index in [1.165, 1.54) is 0 Å². The summed E-state index contributed by atoms with van der Waals surface area (Å²) < 4.78 is 5.58. The van der Waals surface area contributed by atoms with Crippen molar-refractivity contribution in [2.24, 2.45) is 0 Å². The van der Waals surface area contributed by atoms with Gasteiger partial charge in [0, 0.05) is 36.5 Å². The van der Waals surface area contributed by atoms with Gasteiger partial charge in [0.2, 0.25) is 0 Å². The highest BCUT2D eigenvalue weighted by Gasteiger charge is 2.26. The monoisotopic (exact) mass is 316 g/mol. The fourth-order valence-electron chi connectivity index (χ4n) is 2.73. The number of aromatic nitrogens is 1. The van der Waals surface area contributed by atoms with Crippen molar-refractivity contribution in [3.63, 3.8) is 0 Å².